The van der Waals surface area contributed by atoms with Crippen LogP contribution in [0.1, 0.15) is 44.1 Å². The van der Waals surface area contributed by atoms with E-state index >= 15 is 0 Å². The summed E-state index contributed by atoms with van der Waals surface area (Å²) in [5, 5.41) is 22.0. The highest BCUT2D eigenvalue weighted by molar-refractivity contribution is 5.82. The first-order chi connectivity index (χ1) is 9.54. The molecule has 2 rings (SSSR count). The van der Waals surface area contributed by atoms with Gasteiger partial charge in [-0.1, -0.05) is 56.0 Å². The Balaban J connectivity index is 2.48. The number of hydrogen-bond acceptors (Lipinski definition) is 4. The number of carbonyl (C=O) groups is 1. The second-order valence-corrected chi connectivity index (χ2v) is 5.51. The molecular formula is C16H22O4. The van der Waals surface area contributed by atoms with Gasteiger partial charge >= 0.3 is 5.97 Å². The van der Waals surface area contributed by atoms with Crippen LogP contribution in [0.3, 0.4) is 0 Å². The molecule has 0 spiro atoms. The number of methoxy groups -OCH3 is 1. The van der Waals surface area contributed by atoms with Crippen molar-refractivity contribution < 1.29 is 19.7 Å². The molecule has 0 aliphatic heterocycles. The molecule has 0 bridgehead atoms. The Labute approximate surface area is 119 Å². The molecule has 1 atom stereocenters. The average molecular weight is 278 g/mol. The SMILES string of the molecule is COC(=O)C(O)(c1ccccc1)C1(O)CCCCCC1. The van der Waals surface area contributed by atoms with Crippen LogP contribution in [0.5, 0.6) is 0 Å². The lowest BCUT2D eigenvalue weighted by Gasteiger charge is -2.41. The zero-order valence-corrected chi connectivity index (χ0v) is 11.8. The van der Waals surface area contributed by atoms with Crippen LogP contribution >= 0.6 is 0 Å². The maximum absolute atomic E-state index is 12.2. The van der Waals surface area contributed by atoms with Crippen LogP contribution in [0.4, 0.5) is 0 Å². The maximum Gasteiger partial charge on any atom is 0.345 e. The lowest BCUT2D eigenvalue weighted by atomic mass is 9.73. The Morgan fingerprint density at radius 1 is 1.15 bits per heavy atom. The van der Waals surface area contributed by atoms with Crippen molar-refractivity contribution in [3.05, 3.63) is 35.9 Å². The van der Waals surface area contributed by atoms with Crippen molar-refractivity contribution in [3.8, 4) is 0 Å². The molecule has 1 aromatic rings. The summed E-state index contributed by atoms with van der Waals surface area (Å²) in [5.74, 6) is -0.798. The number of rotatable bonds is 3. The van der Waals surface area contributed by atoms with Crippen LogP contribution in [0, 0.1) is 0 Å². The standard InChI is InChI=1S/C16H22O4/c1-20-14(17)16(19,13-9-5-4-6-10-13)15(18)11-7-2-3-8-12-15/h4-6,9-10,18-19H,2-3,7-8,11-12H2,1H3. The quantitative estimate of drug-likeness (QED) is 0.656. The Morgan fingerprint density at radius 3 is 2.20 bits per heavy atom. The van der Waals surface area contributed by atoms with Gasteiger partial charge in [-0.05, 0) is 18.4 Å². The van der Waals surface area contributed by atoms with Gasteiger partial charge in [-0.25, -0.2) is 4.79 Å². The first-order valence-electron chi connectivity index (χ1n) is 7.13. The highest BCUT2D eigenvalue weighted by Gasteiger charge is 2.56. The van der Waals surface area contributed by atoms with Gasteiger partial charge in [-0.2, -0.15) is 0 Å². The second kappa shape index (κ2) is 5.94. The molecule has 0 aromatic heterocycles. The van der Waals surface area contributed by atoms with E-state index in [2.05, 4.69) is 0 Å². The summed E-state index contributed by atoms with van der Waals surface area (Å²) in [6.07, 6.45) is 4.40. The number of esters is 1. The van der Waals surface area contributed by atoms with Crippen LogP contribution in [0.2, 0.25) is 0 Å². The first-order valence-corrected chi connectivity index (χ1v) is 7.13. The van der Waals surface area contributed by atoms with Gasteiger partial charge in [0.25, 0.3) is 0 Å². The molecule has 4 nitrogen and oxygen atoms in total. The van der Waals surface area contributed by atoms with Gasteiger partial charge in [0.2, 0.25) is 5.60 Å². The zero-order valence-electron chi connectivity index (χ0n) is 11.8. The zero-order chi connectivity index (χ0) is 14.6. The highest BCUT2D eigenvalue weighted by Crippen LogP contribution is 2.42. The molecule has 20 heavy (non-hydrogen) atoms. The minimum Gasteiger partial charge on any atom is -0.467 e. The summed E-state index contributed by atoms with van der Waals surface area (Å²) in [5.41, 5.74) is -3.10. The highest BCUT2D eigenvalue weighted by atomic mass is 16.5. The number of ether oxygens (including phenoxy) is 1. The van der Waals surface area contributed by atoms with Gasteiger partial charge < -0.3 is 14.9 Å². The summed E-state index contributed by atoms with van der Waals surface area (Å²) in [6.45, 7) is 0. The molecule has 110 valence electrons. The fraction of sp³-hybridized carbons (Fsp3) is 0.562. The Bertz CT molecular complexity index is 449. The summed E-state index contributed by atoms with van der Waals surface area (Å²) in [7, 11) is 1.23. The van der Waals surface area contributed by atoms with E-state index in [-0.39, 0.29) is 0 Å². The molecule has 2 N–H and O–H groups in total. The van der Waals surface area contributed by atoms with E-state index in [1.165, 1.54) is 7.11 Å². The fourth-order valence-corrected chi connectivity index (χ4v) is 3.08. The molecule has 0 amide bonds. The van der Waals surface area contributed by atoms with E-state index in [4.69, 9.17) is 4.74 Å². The van der Waals surface area contributed by atoms with Crippen molar-refractivity contribution in [1.29, 1.82) is 0 Å². The van der Waals surface area contributed by atoms with Crippen molar-refractivity contribution >= 4 is 5.97 Å². The number of hydrogen-bond donors (Lipinski definition) is 2. The minimum absolute atomic E-state index is 0.385. The minimum atomic E-state index is -2.01. The average Bonchev–Trinajstić information content (AvgIpc) is 2.72. The van der Waals surface area contributed by atoms with E-state index in [0.29, 0.717) is 18.4 Å². The first kappa shape index (κ1) is 15.0. The lowest BCUT2D eigenvalue weighted by Crippen LogP contribution is -2.57. The van der Waals surface area contributed by atoms with Crippen LogP contribution < -0.4 is 0 Å². The Kier molecular flexibility index (Phi) is 4.45. The number of benzene rings is 1. The van der Waals surface area contributed by atoms with Crippen LogP contribution in [-0.2, 0) is 15.1 Å². The van der Waals surface area contributed by atoms with Crippen molar-refractivity contribution in [1.82, 2.24) is 0 Å². The summed E-state index contributed by atoms with van der Waals surface area (Å²) < 4.78 is 4.78. The molecule has 1 aliphatic carbocycles. The molecule has 1 saturated carbocycles. The van der Waals surface area contributed by atoms with E-state index in [1.807, 2.05) is 0 Å². The molecule has 4 heteroatoms. The smallest absolute Gasteiger partial charge is 0.345 e. The van der Waals surface area contributed by atoms with Gasteiger partial charge in [0.1, 0.15) is 5.60 Å². The molecule has 0 heterocycles. The third-order valence-corrected chi connectivity index (χ3v) is 4.28. The van der Waals surface area contributed by atoms with Gasteiger partial charge in [0.05, 0.1) is 7.11 Å². The topological polar surface area (TPSA) is 66.8 Å². The van der Waals surface area contributed by atoms with E-state index in [0.717, 1.165) is 25.7 Å². The van der Waals surface area contributed by atoms with E-state index in [1.54, 1.807) is 30.3 Å². The van der Waals surface area contributed by atoms with Gasteiger partial charge in [0, 0.05) is 0 Å². The second-order valence-electron chi connectivity index (χ2n) is 5.51. The van der Waals surface area contributed by atoms with Crippen molar-refractivity contribution in [2.75, 3.05) is 7.11 Å². The normalized spacial score (nSPS) is 21.6. The molecule has 1 fully saturated rings. The largest absolute Gasteiger partial charge is 0.467 e. The van der Waals surface area contributed by atoms with Gasteiger partial charge in [0.15, 0.2) is 0 Å². The van der Waals surface area contributed by atoms with Crippen molar-refractivity contribution in [2.45, 2.75) is 49.7 Å². The predicted molar refractivity (Wildman–Crippen MR) is 75.0 cm³/mol. The molecule has 1 aromatic carbocycles. The molecular weight excluding hydrogens is 256 g/mol. The Hall–Kier alpha value is -1.39. The molecule has 0 radical (unpaired) electrons. The van der Waals surface area contributed by atoms with Gasteiger partial charge in [-0.3, -0.25) is 0 Å². The maximum atomic E-state index is 12.2. The molecule has 1 aliphatic rings. The Morgan fingerprint density at radius 2 is 1.70 bits per heavy atom. The third-order valence-electron chi connectivity index (χ3n) is 4.28. The predicted octanol–water partition coefficient (Wildman–Crippen LogP) is 2.13. The van der Waals surface area contributed by atoms with E-state index < -0.39 is 17.2 Å². The lowest BCUT2D eigenvalue weighted by molar-refractivity contribution is -0.203. The molecule has 0 saturated heterocycles. The number of aliphatic hydroxyl groups is 2. The molecule has 1 unspecified atom stereocenters. The summed E-state index contributed by atoms with van der Waals surface area (Å²) in [4.78, 5) is 12.2. The van der Waals surface area contributed by atoms with Crippen LogP contribution in [-0.4, -0.2) is 28.9 Å². The van der Waals surface area contributed by atoms with Crippen molar-refractivity contribution in [3.63, 3.8) is 0 Å². The van der Waals surface area contributed by atoms with E-state index in [9.17, 15) is 15.0 Å². The van der Waals surface area contributed by atoms with Crippen molar-refractivity contribution in [2.24, 2.45) is 0 Å². The van der Waals surface area contributed by atoms with Crippen LogP contribution in [0.25, 0.3) is 0 Å². The van der Waals surface area contributed by atoms with Gasteiger partial charge in [-0.15, -0.1) is 0 Å². The monoisotopic (exact) mass is 278 g/mol. The van der Waals surface area contributed by atoms with Crippen LogP contribution in [0.15, 0.2) is 30.3 Å². The third kappa shape index (κ3) is 2.45. The fourth-order valence-electron chi connectivity index (χ4n) is 3.08. The summed E-state index contributed by atoms with van der Waals surface area (Å²) in [6, 6.07) is 8.59. The summed E-state index contributed by atoms with van der Waals surface area (Å²) >= 11 is 0. The number of carbonyl (C=O) groups excluding carboxylic acids is 1.